The van der Waals surface area contributed by atoms with Crippen molar-refractivity contribution < 1.29 is 4.74 Å². The lowest BCUT2D eigenvalue weighted by Crippen LogP contribution is -2.08. The van der Waals surface area contributed by atoms with Gasteiger partial charge in [-0.2, -0.15) is 0 Å². The van der Waals surface area contributed by atoms with Crippen LogP contribution in [0.5, 0.6) is 5.75 Å². The Labute approximate surface area is 131 Å². The molecule has 2 aromatic rings. The highest BCUT2D eigenvalue weighted by molar-refractivity contribution is 6.66. The van der Waals surface area contributed by atoms with Gasteiger partial charge in [-0.15, -0.1) is 0 Å². The Morgan fingerprint density at radius 2 is 1.85 bits per heavy atom. The molecular formula is C13H10Cl3N3O. The quantitative estimate of drug-likeness (QED) is 0.801. The van der Waals surface area contributed by atoms with E-state index in [0.29, 0.717) is 5.82 Å². The van der Waals surface area contributed by atoms with Gasteiger partial charge in [-0.1, -0.05) is 53.0 Å². The Kier molecular flexibility index (Phi) is 4.81. The van der Waals surface area contributed by atoms with Crippen molar-refractivity contribution in [3.05, 3.63) is 47.8 Å². The van der Waals surface area contributed by atoms with Gasteiger partial charge in [0.15, 0.2) is 11.6 Å². The molecule has 20 heavy (non-hydrogen) atoms. The lowest BCUT2D eigenvalue weighted by Gasteiger charge is -2.08. The largest absolute Gasteiger partial charge is 0.496 e. The van der Waals surface area contributed by atoms with Gasteiger partial charge >= 0.3 is 0 Å². The number of benzene rings is 1. The van der Waals surface area contributed by atoms with Crippen LogP contribution in [0.15, 0.2) is 30.6 Å². The lowest BCUT2D eigenvalue weighted by molar-refractivity contribution is 0.414. The zero-order valence-electron chi connectivity index (χ0n) is 10.4. The van der Waals surface area contributed by atoms with E-state index in [1.165, 1.54) is 6.33 Å². The molecule has 4 nitrogen and oxygen atoms in total. The molecule has 104 valence electrons. The normalized spacial score (nSPS) is 11.8. The molecule has 1 aromatic carbocycles. The number of methoxy groups -OCH3 is 1. The molecule has 2 rings (SSSR count). The molecule has 0 saturated heterocycles. The summed E-state index contributed by atoms with van der Waals surface area (Å²) in [7, 11) is 1.61. The van der Waals surface area contributed by atoms with Crippen LogP contribution in [0.4, 0.5) is 0 Å². The lowest BCUT2D eigenvalue weighted by atomic mass is 10.2. The van der Waals surface area contributed by atoms with E-state index in [2.05, 4.69) is 15.0 Å². The minimum Gasteiger partial charge on any atom is -0.496 e. The number of aromatic nitrogens is 3. The van der Waals surface area contributed by atoms with Gasteiger partial charge in [-0.05, 0) is 18.2 Å². The molecule has 0 saturated carbocycles. The van der Waals surface area contributed by atoms with Crippen molar-refractivity contribution in [2.24, 2.45) is 0 Å². The summed E-state index contributed by atoms with van der Waals surface area (Å²) in [5.41, 5.74) is 0.894. The maximum atomic E-state index is 5.73. The first-order chi connectivity index (χ1) is 9.50. The summed E-state index contributed by atoms with van der Waals surface area (Å²) in [4.78, 5) is 11.9. The van der Waals surface area contributed by atoms with Crippen LogP contribution in [0.2, 0.25) is 0 Å². The summed E-state index contributed by atoms with van der Waals surface area (Å²) >= 11 is 17.2. The molecule has 0 radical (unpaired) electrons. The smallest absolute Gasteiger partial charge is 0.250 e. The number of ether oxygens (including phenoxy) is 1. The Morgan fingerprint density at radius 3 is 2.55 bits per heavy atom. The number of hydrogen-bond acceptors (Lipinski definition) is 4. The number of rotatable bonds is 3. The van der Waals surface area contributed by atoms with E-state index in [1.807, 2.05) is 30.3 Å². The molecule has 0 bridgehead atoms. The van der Waals surface area contributed by atoms with Crippen LogP contribution in [0.1, 0.15) is 17.2 Å². The van der Waals surface area contributed by atoms with Gasteiger partial charge < -0.3 is 4.74 Å². The molecule has 0 atom stereocenters. The van der Waals surface area contributed by atoms with Gasteiger partial charge in [0, 0.05) is 5.56 Å². The average molecular weight is 331 g/mol. The van der Waals surface area contributed by atoms with Crippen LogP contribution in [-0.4, -0.2) is 22.1 Å². The van der Waals surface area contributed by atoms with Gasteiger partial charge in [0.05, 0.1) is 7.11 Å². The minimum absolute atomic E-state index is 0.0807. The summed E-state index contributed by atoms with van der Waals surface area (Å²) in [6.45, 7) is 0. The summed E-state index contributed by atoms with van der Waals surface area (Å²) in [5.74, 6) is 1.23. The van der Waals surface area contributed by atoms with Crippen LogP contribution in [0.25, 0.3) is 12.2 Å². The van der Waals surface area contributed by atoms with Crippen LogP contribution in [0, 0.1) is 0 Å². The number of para-hydroxylation sites is 1. The number of halogens is 3. The van der Waals surface area contributed by atoms with E-state index >= 15 is 0 Å². The van der Waals surface area contributed by atoms with Gasteiger partial charge in [0.2, 0.25) is 3.79 Å². The third-order valence-electron chi connectivity index (χ3n) is 2.39. The van der Waals surface area contributed by atoms with Crippen molar-refractivity contribution in [2.75, 3.05) is 7.11 Å². The molecule has 0 fully saturated rings. The molecule has 0 N–H and O–H groups in total. The summed E-state index contributed by atoms with van der Waals surface area (Å²) in [6, 6.07) is 7.56. The molecule has 0 aliphatic heterocycles. The van der Waals surface area contributed by atoms with E-state index in [-0.39, 0.29) is 5.82 Å². The maximum absolute atomic E-state index is 5.73. The minimum atomic E-state index is -1.67. The second-order valence-electron chi connectivity index (χ2n) is 3.74. The SMILES string of the molecule is COc1ccccc1C=Cc1ncnc(C(Cl)(Cl)Cl)n1. The fraction of sp³-hybridized carbons (Fsp3) is 0.154. The van der Waals surface area contributed by atoms with Crippen molar-refractivity contribution in [3.63, 3.8) is 0 Å². The Bertz CT molecular complexity index is 626. The molecule has 7 heteroatoms. The van der Waals surface area contributed by atoms with E-state index in [1.54, 1.807) is 13.2 Å². The predicted octanol–water partition coefficient (Wildman–Crippen LogP) is 3.88. The van der Waals surface area contributed by atoms with Crippen LogP contribution in [0.3, 0.4) is 0 Å². The second kappa shape index (κ2) is 6.39. The predicted molar refractivity (Wildman–Crippen MR) is 81.0 cm³/mol. The average Bonchev–Trinajstić information content (AvgIpc) is 2.45. The Balaban J connectivity index is 2.28. The highest BCUT2D eigenvalue weighted by Crippen LogP contribution is 2.35. The number of nitrogens with zero attached hydrogens (tertiary/aromatic N) is 3. The third kappa shape index (κ3) is 3.82. The van der Waals surface area contributed by atoms with E-state index in [0.717, 1.165) is 11.3 Å². The molecule has 1 aromatic heterocycles. The van der Waals surface area contributed by atoms with E-state index < -0.39 is 3.79 Å². The first kappa shape index (κ1) is 15.0. The fourth-order valence-electron chi connectivity index (χ4n) is 1.49. The molecule has 0 aliphatic carbocycles. The number of alkyl halides is 3. The summed E-state index contributed by atoms with van der Waals surface area (Å²) in [5, 5.41) is 0. The molecule has 0 aliphatic rings. The first-order valence-electron chi connectivity index (χ1n) is 5.58. The van der Waals surface area contributed by atoms with Crippen molar-refractivity contribution in [3.8, 4) is 5.75 Å². The van der Waals surface area contributed by atoms with Crippen molar-refractivity contribution >= 4 is 47.0 Å². The molecule has 0 unspecified atom stereocenters. The highest BCUT2D eigenvalue weighted by Gasteiger charge is 2.26. The zero-order valence-corrected chi connectivity index (χ0v) is 12.7. The van der Waals surface area contributed by atoms with Crippen molar-refractivity contribution in [1.82, 2.24) is 15.0 Å². The monoisotopic (exact) mass is 329 g/mol. The topological polar surface area (TPSA) is 47.9 Å². The Morgan fingerprint density at radius 1 is 1.10 bits per heavy atom. The summed E-state index contributed by atoms with van der Waals surface area (Å²) < 4.78 is 3.57. The van der Waals surface area contributed by atoms with Crippen LogP contribution < -0.4 is 4.74 Å². The third-order valence-corrected chi connectivity index (χ3v) is 2.90. The van der Waals surface area contributed by atoms with E-state index in [9.17, 15) is 0 Å². The highest BCUT2D eigenvalue weighted by atomic mass is 35.6. The van der Waals surface area contributed by atoms with Crippen LogP contribution >= 0.6 is 34.8 Å². The maximum Gasteiger partial charge on any atom is 0.250 e. The van der Waals surface area contributed by atoms with Gasteiger partial charge in [-0.25, -0.2) is 15.0 Å². The van der Waals surface area contributed by atoms with Crippen molar-refractivity contribution in [1.29, 1.82) is 0 Å². The number of hydrogen-bond donors (Lipinski definition) is 0. The second-order valence-corrected chi connectivity index (χ2v) is 6.02. The van der Waals surface area contributed by atoms with Crippen LogP contribution in [-0.2, 0) is 3.79 Å². The molecule has 0 amide bonds. The molecule has 1 heterocycles. The van der Waals surface area contributed by atoms with Crippen molar-refractivity contribution in [2.45, 2.75) is 3.79 Å². The molecular weight excluding hydrogens is 321 g/mol. The Hall–Kier alpha value is -1.36. The fourth-order valence-corrected chi connectivity index (χ4v) is 1.77. The summed E-state index contributed by atoms with van der Waals surface area (Å²) in [6.07, 6.45) is 4.81. The van der Waals surface area contributed by atoms with Gasteiger partial charge in [-0.3, -0.25) is 0 Å². The zero-order chi connectivity index (χ0) is 14.6. The van der Waals surface area contributed by atoms with Gasteiger partial charge in [0.25, 0.3) is 0 Å². The standard InChI is InChI=1S/C13H10Cl3N3O/c1-20-10-5-3-2-4-9(10)6-7-11-17-8-18-12(19-11)13(14,15)16/h2-8H,1H3. The molecule has 0 spiro atoms. The van der Waals surface area contributed by atoms with E-state index in [4.69, 9.17) is 39.5 Å². The van der Waals surface area contributed by atoms with Gasteiger partial charge in [0.1, 0.15) is 12.1 Å². The first-order valence-corrected chi connectivity index (χ1v) is 6.71.